The number of hydrogen-bond acceptors (Lipinski definition) is 7. The summed E-state index contributed by atoms with van der Waals surface area (Å²) in [4.78, 5) is 28.8. The monoisotopic (exact) mass is 549 g/mol. The van der Waals surface area contributed by atoms with E-state index >= 15 is 0 Å². The zero-order valence-corrected chi connectivity index (χ0v) is 22.0. The van der Waals surface area contributed by atoms with E-state index in [1.165, 1.54) is 32.4 Å². The van der Waals surface area contributed by atoms with E-state index in [-0.39, 0.29) is 10.6 Å². The van der Waals surface area contributed by atoms with Gasteiger partial charge in [-0.15, -0.1) is 0 Å². The fourth-order valence-electron chi connectivity index (χ4n) is 3.93. The number of hydrogen-bond donors (Lipinski definition) is 3. The minimum absolute atomic E-state index is 0.110. The van der Waals surface area contributed by atoms with Gasteiger partial charge >= 0.3 is 12.1 Å². The molecule has 0 saturated carbocycles. The molecule has 0 radical (unpaired) electrons. The number of urea groups is 1. The first-order chi connectivity index (χ1) is 18.8. The molecule has 1 heterocycles. The van der Waals surface area contributed by atoms with Gasteiger partial charge in [0.05, 0.1) is 20.3 Å². The summed E-state index contributed by atoms with van der Waals surface area (Å²) >= 11 is 0. The summed E-state index contributed by atoms with van der Waals surface area (Å²) in [6.45, 7) is 0. The van der Waals surface area contributed by atoms with E-state index in [2.05, 4.69) is 25.1 Å². The number of rotatable bonds is 9. The Kier molecular flexibility index (Phi) is 8.46. The van der Waals surface area contributed by atoms with Gasteiger partial charge in [-0.3, -0.25) is 5.32 Å². The Morgan fingerprint density at radius 3 is 2.33 bits per heavy atom. The number of carbonyl (C=O) groups excluding carboxylic acids is 2. The quantitative estimate of drug-likeness (QED) is 0.286. The smallest absolute Gasteiger partial charge is 0.411 e. The topological polar surface area (TPSA) is 141 Å². The molecule has 0 aliphatic rings. The minimum atomic E-state index is -4.23. The van der Waals surface area contributed by atoms with Crippen LogP contribution < -0.4 is 20.1 Å². The van der Waals surface area contributed by atoms with Crippen molar-refractivity contribution in [3.8, 4) is 11.4 Å². The number of carbonyl (C=O) groups is 2. The molecule has 39 heavy (non-hydrogen) atoms. The zero-order chi connectivity index (χ0) is 27.8. The largest absolute Gasteiger partial charge is 0.495 e. The molecule has 1 unspecified atom stereocenters. The van der Waals surface area contributed by atoms with Crippen molar-refractivity contribution in [3.05, 3.63) is 103 Å². The number of amides is 3. The first kappa shape index (κ1) is 27.2. The van der Waals surface area contributed by atoms with E-state index in [4.69, 9.17) is 4.74 Å². The van der Waals surface area contributed by atoms with E-state index in [0.29, 0.717) is 23.6 Å². The highest BCUT2D eigenvalue weighted by molar-refractivity contribution is 7.90. The minimum Gasteiger partial charge on any atom is -0.495 e. The molecule has 1 aromatic heterocycles. The molecule has 1 atom stereocenters. The third-order valence-corrected chi connectivity index (χ3v) is 7.10. The lowest BCUT2D eigenvalue weighted by Crippen LogP contribution is -2.42. The molecule has 3 amide bonds. The van der Waals surface area contributed by atoms with Crippen LogP contribution in [0.1, 0.15) is 17.4 Å². The second kappa shape index (κ2) is 12.1. The van der Waals surface area contributed by atoms with Crippen molar-refractivity contribution >= 4 is 27.8 Å². The molecule has 12 heteroatoms. The molecule has 0 saturated heterocycles. The summed E-state index contributed by atoms with van der Waals surface area (Å²) in [5, 5.41) is 5.35. The van der Waals surface area contributed by atoms with Crippen LogP contribution in [0.4, 0.5) is 15.3 Å². The Labute approximate surface area is 225 Å². The molecule has 202 valence electrons. The third-order valence-electron chi connectivity index (χ3n) is 5.73. The van der Waals surface area contributed by atoms with Crippen LogP contribution in [-0.4, -0.2) is 44.3 Å². The van der Waals surface area contributed by atoms with Gasteiger partial charge < -0.3 is 19.4 Å². The predicted molar refractivity (Wildman–Crippen MR) is 144 cm³/mol. The summed E-state index contributed by atoms with van der Waals surface area (Å²) in [6, 6.07) is 20.7. The second-order valence-corrected chi connectivity index (χ2v) is 9.94. The van der Waals surface area contributed by atoms with Gasteiger partial charge in [-0.2, -0.15) is 0 Å². The maximum Gasteiger partial charge on any atom is 0.411 e. The fourth-order valence-corrected chi connectivity index (χ4v) is 5.01. The second-order valence-electron chi connectivity index (χ2n) is 8.29. The number of aromatic nitrogens is 2. The van der Waals surface area contributed by atoms with Gasteiger partial charge in [0.1, 0.15) is 16.5 Å². The molecule has 0 aliphatic carbocycles. The van der Waals surface area contributed by atoms with Crippen molar-refractivity contribution in [2.24, 2.45) is 0 Å². The van der Waals surface area contributed by atoms with Crippen molar-refractivity contribution in [3.63, 3.8) is 0 Å². The SMILES string of the molecule is COC(=O)Nc1ccc(-n2ccnc2C(Cc2ccccc2)NC(=O)NS(=O)(=O)c2ccccc2OC)cc1. The summed E-state index contributed by atoms with van der Waals surface area (Å²) in [5.74, 6) is 0.580. The van der Waals surface area contributed by atoms with Crippen LogP contribution in [0.15, 0.2) is 96.2 Å². The lowest BCUT2D eigenvalue weighted by atomic mass is 10.1. The summed E-state index contributed by atoms with van der Waals surface area (Å²) in [5.41, 5.74) is 2.15. The number of imidazole rings is 1. The molecule has 0 aliphatic heterocycles. The van der Waals surface area contributed by atoms with E-state index in [1.807, 2.05) is 30.3 Å². The van der Waals surface area contributed by atoms with Gasteiger partial charge in [0, 0.05) is 23.8 Å². The van der Waals surface area contributed by atoms with Gasteiger partial charge in [-0.25, -0.2) is 27.7 Å². The molecule has 4 rings (SSSR count). The van der Waals surface area contributed by atoms with Crippen LogP contribution in [0, 0.1) is 0 Å². The first-order valence-electron chi connectivity index (χ1n) is 11.8. The maximum absolute atomic E-state index is 13.0. The summed E-state index contributed by atoms with van der Waals surface area (Å²) in [6.07, 6.45) is 3.05. The number of para-hydroxylation sites is 1. The van der Waals surface area contributed by atoms with Gasteiger partial charge in [0.15, 0.2) is 0 Å². The van der Waals surface area contributed by atoms with Crippen LogP contribution in [0.25, 0.3) is 5.69 Å². The predicted octanol–water partition coefficient (Wildman–Crippen LogP) is 4.03. The van der Waals surface area contributed by atoms with E-state index in [1.54, 1.807) is 47.3 Å². The van der Waals surface area contributed by atoms with Crippen LogP contribution in [0.5, 0.6) is 5.75 Å². The van der Waals surface area contributed by atoms with Gasteiger partial charge in [-0.1, -0.05) is 42.5 Å². The van der Waals surface area contributed by atoms with E-state index in [9.17, 15) is 18.0 Å². The average Bonchev–Trinajstić information content (AvgIpc) is 3.43. The van der Waals surface area contributed by atoms with Crippen molar-refractivity contribution < 1.29 is 27.5 Å². The number of methoxy groups -OCH3 is 2. The molecule has 0 fully saturated rings. The maximum atomic E-state index is 13.0. The van der Waals surface area contributed by atoms with Crippen molar-refractivity contribution in [2.45, 2.75) is 17.4 Å². The van der Waals surface area contributed by atoms with E-state index in [0.717, 1.165) is 5.56 Å². The molecule has 4 aromatic rings. The number of nitrogens with one attached hydrogen (secondary N) is 3. The highest BCUT2D eigenvalue weighted by atomic mass is 32.2. The average molecular weight is 550 g/mol. The lowest BCUT2D eigenvalue weighted by Gasteiger charge is -2.21. The molecule has 3 N–H and O–H groups in total. The Morgan fingerprint density at radius 2 is 1.64 bits per heavy atom. The van der Waals surface area contributed by atoms with E-state index < -0.39 is 28.2 Å². The van der Waals surface area contributed by atoms with Crippen molar-refractivity contribution in [1.82, 2.24) is 19.6 Å². The van der Waals surface area contributed by atoms with Crippen LogP contribution in [-0.2, 0) is 21.2 Å². The van der Waals surface area contributed by atoms with Gasteiger partial charge in [0.25, 0.3) is 10.0 Å². The number of anilines is 1. The Hall–Kier alpha value is -4.84. The molecular formula is C27H27N5O6S. The summed E-state index contributed by atoms with van der Waals surface area (Å²) < 4.78 is 39.5. The summed E-state index contributed by atoms with van der Waals surface area (Å²) in [7, 11) is -1.60. The zero-order valence-electron chi connectivity index (χ0n) is 21.2. The third kappa shape index (κ3) is 6.73. The van der Waals surface area contributed by atoms with Crippen molar-refractivity contribution in [2.75, 3.05) is 19.5 Å². The standard InChI is InChI=1S/C27H27N5O6S/c1-37-23-10-6-7-11-24(23)39(35,36)31-26(33)30-22(18-19-8-4-3-5-9-19)25-28-16-17-32(25)21-14-12-20(13-15-21)29-27(34)38-2/h3-17,22H,18H2,1-2H3,(H,29,34)(H2,30,31,33). The van der Waals surface area contributed by atoms with Crippen molar-refractivity contribution in [1.29, 1.82) is 0 Å². The Morgan fingerprint density at radius 1 is 0.949 bits per heavy atom. The number of ether oxygens (including phenoxy) is 2. The molecule has 11 nitrogen and oxygen atoms in total. The van der Waals surface area contributed by atoms with Gasteiger partial charge in [0.2, 0.25) is 0 Å². The molecule has 3 aromatic carbocycles. The van der Waals surface area contributed by atoms with Gasteiger partial charge in [-0.05, 0) is 48.4 Å². The first-order valence-corrected chi connectivity index (χ1v) is 13.3. The van der Waals surface area contributed by atoms with Crippen LogP contribution in [0.3, 0.4) is 0 Å². The van der Waals surface area contributed by atoms with Crippen LogP contribution in [0.2, 0.25) is 0 Å². The van der Waals surface area contributed by atoms with Crippen LogP contribution >= 0.6 is 0 Å². The molecule has 0 spiro atoms. The highest BCUT2D eigenvalue weighted by Gasteiger charge is 2.26. The number of sulfonamides is 1. The normalized spacial score (nSPS) is 11.7. The lowest BCUT2D eigenvalue weighted by molar-refractivity contribution is 0.187. The highest BCUT2D eigenvalue weighted by Crippen LogP contribution is 2.24. The molecular weight excluding hydrogens is 522 g/mol. The fraction of sp³-hybridized carbons (Fsp3) is 0.148. The number of benzene rings is 3. The number of nitrogens with zero attached hydrogens (tertiary/aromatic N) is 2. The Bertz CT molecular complexity index is 1540. The molecule has 0 bridgehead atoms. The Balaban J connectivity index is 1.61.